The van der Waals surface area contributed by atoms with Crippen molar-refractivity contribution in [2.75, 3.05) is 5.73 Å². The molecule has 3 nitrogen and oxygen atoms in total. The normalized spacial score (nSPS) is 10.8. The minimum absolute atomic E-state index is 0.242. The Morgan fingerprint density at radius 1 is 1.19 bits per heavy atom. The van der Waals surface area contributed by atoms with Crippen LogP contribution < -0.4 is 5.73 Å². The Labute approximate surface area is 134 Å². The number of aromatic amines is 1. The zero-order chi connectivity index (χ0) is 15.0. The molecule has 0 unspecified atom stereocenters. The molecule has 6 heteroatoms. The maximum Gasteiger partial charge on any atom is 0.153 e. The van der Waals surface area contributed by atoms with Gasteiger partial charge in [0.1, 0.15) is 5.82 Å². The first kappa shape index (κ1) is 14.1. The van der Waals surface area contributed by atoms with E-state index in [0.717, 1.165) is 10.0 Å². The molecular formula is C15H10BrClFN3. The first-order chi connectivity index (χ1) is 10.1. The number of rotatable bonds is 2. The van der Waals surface area contributed by atoms with Crippen molar-refractivity contribution in [3.05, 3.63) is 57.8 Å². The number of nitrogens with two attached hydrogens (primary N) is 1. The predicted molar refractivity (Wildman–Crippen MR) is 86.5 cm³/mol. The van der Waals surface area contributed by atoms with Crippen LogP contribution in [0.5, 0.6) is 0 Å². The highest BCUT2D eigenvalue weighted by atomic mass is 79.9. The highest BCUT2D eigenvalue weighted by molar-refractivity contribution is 9.10. The van der Waals surface area contributed by atoms with Gasteiger partial charge >= 0.3 is 0 Å². The smallest absolute Gasteiger partial charge is 0.153 e. The molecule has 0 saturated carbocycles. The average molecular weight is 367 g/mol. The molecule has 0 spiro atoms. The van der Waals surface area contributed by atoms with Crippen molar-refractivity contribution in [1.82, 2.24) is 10.2 Å². The monoisotopic (exact) mass is 365 g/mol. The number of anilines is 1. The Balaban J connectivity index is 2.24. The summed E-state index contributed by atoms with van der Waals surface area (Å²) in [4.78, 5) is 0. The van der Waals surface area contributed by atoms with E-state index in [2.05, 4.69) is 26.1 Å². The summed E-state index contributed by atoms with van der Waals surface area (Å²) in [5, 5.41) is 7.41. The van der Waals surface area contributed by atoms with E-state index in [9.17, 15) is 4.39 Å². The fourth-order valence-electron chi connectivity index (χ4n) is 2.20. The van der Waals surface area contributed by atoms with Gasteiger partial charge in [-0.2, -0.15) is 5.10 Å². The van der Waals surface area contributed by atoms with E-state index in [0.29, 0.717) is 21.8 Å². The fourth-order valence-corrected chi connectivity index (χ4v) is 3.06. The number of aromatic nitrogens is 2. The molecule has 1 aromatic heterocycles. The number of hydrogen-bond acceptors (Lipinski definition) is 2. The molecule has 0 fully saturated rings. The van der Waals surface area contributed by atoms with Crippen LogP contribution >= 0.6 is 27.5 Å². The van der Waals surface area contributed by atoms with E-state index >= 15 is 0 Å². The summed E-state index contributed by atoms with van der Waals surface area (Å²) in [5.41, 5.74) is 8.23. The molecule has 1 heterocycles. The summed E-state index contributed by atoms with van der Waals surface area (Å²) >= 11 is 9.46. The Morgan fingerprint density at radius 2 is 1.95 bits per heavy atom. The van der Waals surface area contributed by atoms with Gasteiger partial charge in [0.25, 0.3) is 0 Å². The Morgan fingerprint density at radius 3 is 2.67 bits per heavy atom. The Kier molecular flexibility index (Phi) is 3.69. The third kappa shape index (κ3) is 2.66. The molecule has 0 aliphatic heterocycles. The first-order valence-corrected chi connectivity index (χ1v) is 7.28. The zero-order valence-corrected chi connectivity index (χ0v) is 13.0. The van der Waals surface area contributed by atoms with Gasteiger partial charge in [-0.05, 0) is 24.3 Å². The van der Waals surface area contributed by atoms with Gasteiger partial charge in [-0.1, -0.05) is 45.7 Å². The van der Waals surface area contributed by atoms with Crippen molar-refractivity contribution in [3.8, 4) is 22.4 Å². The lowest BCUT2D eigenvalue weighted by Gasteiger charge is -2.07. The number of hydrogen-bond donors (Lipinski definition) is 2. The minimum Gasteiger partial charge on any atom is -0.382 e. The topological polar surface area (TPSA) is 54.7 Å². The Hall–Kier alpha value is -1.85. The number of halogens is 3. The van der Waals surface area contributed by atoms with E-state index < -0.39 is 0 Å². The van der Waals surface area contributed by atoms with Gasteiger partial charge in [0.05, 0.1) is 11.3 Å². The molecule has 21 heavy (non-hydrogen) atoms. The lowest BCUT2D eigenvalue weighted by molar-refractivity contribution is 0.631. The second-order valence-electron chi connectivity index (χ2n) is 4.50. The summed E-state index contributed by atoms with van der Waals surface area (Å²) in [5.74, 6) is -0.112. The van der Waals surface area contributed by atoms with Crippen LogP contribution in [0, 0.1) is 5.82 Å². The maximum absolute atomic E-state index is 14.1. The van der Waals surface area contributed by atoms with E-state index in [1.807, 2.05) is 6.07 Å². The maximum atomic E-state index is 14.1. The van der Waals surface area contributed by atoms with Crippen molar-refractivity contribution < 1.29 is 4.39 Å². The molecule has 0 atom stereocenters. The number of nitrogens with zero attached hydrogens (tertiary/aromatic N) is 1. The third-order valence-electron chi connectivity index (χ3n) is 3.09. The summed E-state index contributed by atoms with van der Waals surface area (Å²) < 4.78 is 14.9. The third-order valence-corrected chi connectivity index (χ3v) is 3.76. The van der Waals surface area contributed by atoms with Crippen molar-refractivity contribution in [1.29, 1.82) is 0 Å². The first-order valence-electron chi connectivity index (χ1n) is 6.11. The lowest BCUT2D eigenvalue weighted by Crippen LogP contribution is -1.91. The van der Waals surface area contributed by atoms with Gasteiger partial charge in [0.15, 0.2) is 5.82 Å². The van der Waals surface area contributed by atoms with E-state index in [1.54, 1.807) is 30.3 Å². The van der Waals surface area contributed by atoms with E-state index in [1.165, 1.54) is 6.07 Å². The van der Waals surface area contributed by atoms with Crippen molar-refractivity contribution in [2.45, 2.75) is 0 Å². The lowest BCUT2D eigenvalue weighted by atomic mass is 10.0. The molecule has 0 radical (unpaired) electrons. The number of benzene rings is 2. The van der Waals surface area contributed by atoms with E-state index in [4.69, 9.17) is 17.3 Å². The SMILES string of the molecule is Nc1n[nH]c(-c2cc(Cl)cc(Br)c2)c1-c1ccccc1F. The molecule has 3 aromatic rings. The quantitative estimate of drug-likeness (QED) is 0.679. The molecule has 3 N–H and O–H groups in total. The predicted octanol–water partition coefficient (Wildman–Crippen LogP) is 4.88. The van der Waals surface area contributed by atoms with Crippen LogP contribution in [0.15, 0.2) is 46.9 Å². The van der Waals surface area contributed by atoms with Gasteiger partial charge in [0, 0.05) is 20.6 Å². The summed E-state index contributed by atoms with van der Waals surface area (Å²) in [7, 11) is 0. The highest BCUT2D eigenvalue weighted by Crippen LogP contribution is 2.37. The van der Waals surface area contributed by atoms with Crippen molar-refractivity contribution >= 4 is 33.3 Å². The van der Waals surface area contributed by atoms with Crippen LogP contribution in [0.2, 0.25) is 5.02 Å². The minimum atomic E-state index is -0.354. The van der Waals surface area contributed by atoms with Gasteiger partial charge in [-0.3, -0.25) is 5.10 Å². The van der Waals surface area contributed by atoms with Crippen LogP contribution in [0.3, 0.4) is 0 Å². The molecule has 3 rings (SSSR count). The van der Waals surface area contributed by atoms with Gasteiger partial charge < -0.3 is 5.73 Å². The summed E-state index contributed by atoms with van der Waals surface area (Å²) in [6.45, 7) is 0. The molecular weight excluding hydrogens is 357 g/mol. The van der Waals surface area contributed by atoms with Crippen LogP contribution in [-0.2, 0) is 0 Å². The average Bonchev–Trinajstić information content (AvgIpc) is 2.80. The van der Waals surface area contributed by atoms with Crippen molar-refractivity contribution in [2.24, 2.45) is 0 Å². The summed E-state index contributed by atoms with van der Waals surface area (Å²) in [6.07, 6.45) is 0. The van der Waals surface area contributed by atoms with Crippen LogP contribution in [0.4, 0.5) is 10.2 Å². The second kappa shape index (κ2) is 5.50. The number of H-pyrrole nitrogens is 1. The molecule has 106 valence electrons. The number of nitrogen functional groups attached to an aromatic ring is 1. The van der Waals surface area contributed by atoms with Gasteiger partial charge in [-0.25, -0.2) is 4.39 Å². The second-order valence-corrected chi connectivity index (χ2v) is 5.85. The molecule has 0 saturated heterocycles. The Bertz CT molecular complexity index is 796. The molecule has 0 aliphatic carbocycles. The summed E-state index contributed by atoms with van der Waals surface area (Å²) in [6, 6.07) is 11.8. The molecule has 0 bridgehead atoms. The van der Waals surface area contributed by atoms with Crippen LogP contribution in [-0.4, -0.2) is 10.2 Å². The van der Waals surface area contributed by atoms with Crippen LogP contribution in [0.25, 0.3) is 22.4 Å². The number of nitrogens with one attached hydrogen (secondary N) is 1. The highest BCUT2D eigenvalue weighted by Gasteiger charge is 2.18. The molecule has 0 amide bonds. The van der Waals surface area contributed by atoms with Gasteiger partial charge in [0.2, 0.25) is 0 Å². The van der Waals surface area contributed by atoms with Crippen LogP contribution in [0.1, 0.15) is 0 Å². The largest absolute Gasteiger partial charge is 0.382 e. The molecule has 0 aliphatic rings. The van der Waals surface area contributed by atoms with Gasteiger partial charge in [-0.15, -0.1) is 0 Å². The van der Waals surface area contributed by atoms with Crippen molar-refractivity contribution in [3.63, 3.8) is 0 Å². The molecule has 2 aromatic carbocycles. The van der Waals surface area contributed by atoms with E-state index in [-0.39, 0.29) is 11.6 Å². The fraction of sp³-hybridized carbons (Fsp3) is 0. The zero-order valence-electron chi connectivity index (χ0n) is 10.7. The standard InChI is InChI=1S/C15H10BrClFN3/c16-9-5-8(6-10(17)7-9)14-13(15(19)21-20-14)11-3-1-2-4-12(11)18/h1-7H,(H3,19,20,21).